The summed E-state index contributed by atoms with van der Waals surface area (Å²) in [6, 6.07) is 3.09. The highest BCUT2D eigenvalue weighted by Gasteiger charge is 2.31. The fourth-order valence-electron chi connectivity index (χ4n) is 2.94. The summed E-state index contributed by atoms with van der Waals surface area (Å²) < 4.78 is 38.5. The molecule has 2 N–H and O–H groups in total. The lowest BCUT2D eigenvalue weighted by Gasteiger charge is -2.22. The maximum Gasteiger partial charge on any atom is 0.416 e. The zero-order valence-electron chi connectivity index (χ0n) is 14.3. The number of amides is 1. The third-order valence-electron chi connectivity index (χ3n) is 4.39. The van der Waals surface area contributed by atoms with Crippen LogP contribution >= 0.6 is 11.6 Å². The van der Waals surface area contributed by atoms with Gasteiger partial charge in [-0.2, -0.15) is 13.2 Å². The van der Waals surface area contributed by atoms with Crippen LogP contribution in [-0.4, -0.2) is 21.9 Å². The van der Waals surface area contributed by atoms with E-state index in [4.69, 9.17) is 11.6 Å². The largest absolute Gasteiger partial charge is 0.416 e. The van der Waals surface area contributed by atoms with Crippen LogP contribution in [0.2, 0.25) is 5.02 Å². The van der Waals surface area contributed by atoms with Crippen molar-refractivity contribution >= 4 is 29.1 Å². The maximum absolute atomic E-state index is 12.8. The van der Waals surface area contributed by atoms with Gasteiger partial charge in [-0.15, -0.1) is 0 Å². The smallest absolute Gasteiger partial charge is 0.349 e. The van der Waals surface area contributed by atoms with Gasteiger partial charge < -0.3 is 10.6 Å². The van der Waals surface area contributed by atoms with E-state index >= 15 is 0 Å². The number of carbonyl (C=O) groups excluding carboxylic acids is 1. The molecule has 0 spiro atoms. The second-order valence-corrected chi connectivity index (χ2v) is 6.83. The van der Waals surface area contributed by atoms with Gasteiger partial charge in [0.25, 0.3) is 5.91 Å². The molecule has 9 heteroatoms. The number of nitrogens with zero attached hydrogens (tertiary/aromatic N) is 2. The quantitative estimate of drug-likeness (QED) is 0.764. The molecule has 27 heavy (non-hydrogen) atoms. The molecule has 0 radical (unpaired) electrons. The van der Waals surface area contributed by atoms with Crippen LogP contribution in [0.15, 0.2) is 30.6 Å². The molecule has 1 fully saturated rings. The lowest BCUT2D eigenvalue weighted by atomic mass is 9.95. The Kier molecular flexibility index (Phi) is 5.84. The van der Waals surface area contributed by atoms with Gasteiger partial charge >= 0.3 is 6.18 Å². The van der Waals surface area contributed by atoms with Gasteiger partial charge in [-0.1, -0.05) is 30.9 Å². The molecule has 0 saturated heterocycles. The van der Waals surface area contributed by atoms with Gasteiger partial charge in [-0.25, -0.2) is 9.97 Å². The van der Waals surface area contributed by atoms with Crippen molar-refractivity contribution in [3.8, 4) is 0 Å². The number of anilines is 2. The van der Waals surface area contributed by atoms with Crippen molar-refractivity contribution in [2.75, 3.05) is 5.32 Å². The van der Waals surface area contributed by atoms with Crippen molar-refractivity contribution in [2.24, 2.45) is 0 Å². The highest BCUT2D eigenvalue weighted by molar-refractivity contribution is 6.33. The fourth-order valence-corrected chi connectivity index (χ4v) is 3.11. The second kappa shape index (κ2) is 8.12. The Labute approximate surface area is 159 Å². The minimum absolute atomic E-state index is 0.0332. The van der Waals surface area contributed by atoms with Crippen LogP contribution in [0.3, 0.4) is 0 Å². The number of alkyl halides is 3. The minimum atomic E-state index is -4.48. The molecule has 1 aromatic carbocycles. The topological polar surface area (TPSA) is 66.9 Å². The van der Waals surface area contributed by atoms with Crippen molar-refractivity contribution in [1.82, 2.24) is 15.3 Å². The molecule has 1 aliphatic carbocycles. The molecule has 1 heterocycles. The van der Waals surface area contributed by atoms with Crippen molar-refractivity contribution in [3.63, 3.8) is 0 Å². The van der Waals surface area contributed by atoms with Crippen LogP contribution in [0.5, 0.6) is 0 Å². The summed E-state index contributed by atoms with van der Waals surface area (Å²) in [4.78, 5) is 20.2. The minimum Gasteiger partial charge on any atom is -0.349 e. The van der Waals surface area contributed by atoms with E-state index in [2.05, 4.69) is 20.6 Å². The first-order valence-electron chi connectivity index (χ1n) is 8.59. The molecule has 1 aromatic heterocycles. The first-order valence-corrected chi connectivity index (χ1v) is 8.97. The highest BCUT2D eigenvalue weighted by Crippen LogP contribution is 2.34. The van der Waals surface area contributed by atoms with E-state index in [0.717, 1.165) is 43.9 Å². The van der Waals surface area contributed by atoms with Crippen LogP contribution in [0.4, 0.5) is 24.8 Å². The van der Waals surface area contributed by atoms with Gasteiger partial charge in [0.1, 0.15) is 0 Å². The normalized spacial score (nSPS) is 15.4. The van der Waals surface area contributed by atoms with E-state index in [-0.39, 0.29) is 28.6 Å². The Morgan fingerprint density at radius 2 is 1.78 bits per heavy atom. The number of hydrogen-bond acceptors (Lipinski definition) is 4. The number of carbonyl (C=O) groups is 1. The molecule has 0 unspecified atom stereocenters. The molecule has 0 bridgehead atoms. The van der Waals surface area contributed by atoms with Gasteiger partial charge in [-0.05, 0) is 31.0 Å². The number of rotatable bonds is 4. The molecular weight excluding hydrogens is 381 g/mol. The van der Waals surface area contributed by atoms with E-state index in [1.165, 1.54) is 18.8 Å². The predicted octanol–water partition coefficient (Wildman–Crippen LogP) is 4.95. The lowest BCUT2D eigenvalue weighted by Crippen LogP contribution is -2.36. The van der Waals surface area contributed by atoms with Gasteiger partial charge in [0, 0.05) is 18.4 Å². The van der Waals surface area contributed by atoms with Crippen LogP contribution in [0.1, 0.15) is 48.0 Å². The maximum atomic E-state index is 12.8. The average Bonchev–Trinajstić information content (AvgIpc) is 2.64. The van der Waals surface area contributed by atoms with E-state index in [1.807, 2.05) is 0 Å². The number of halogens is 4. The van der Waals surface area contributed by atoms with E-state index in [1.54, 1.807) is 0 Å². The zero-order valence-corrected chi connectivity index (χ0v) is 15.1. The first kappa shape index (κ1) is 19.4. The number of hydrogen-bond donors (Lipinski definition) is 2. The van der Waals surface area contributed by atoms with E-state index < -0.39 is 11.7 Å². The van der Waals surface area contributed by atoms with Crippen LogP contribution in [0, 0.1) is 0 Å². The van der Waals surface area contributed by atoms with Crippen molar-refractivity contribution in [1.29, 1.82) is 0 Å². The SMILES string of the molecule is O=C(NC1CCCCC1)c1cnc(Nc2cc(C(F)(F)F)ccc2Cl)nc1. The van der Waals surface area contributed by atoms with Crippen molar-refractivity contribution in [3.05, 3.63) is 46.7 Å². The van der Waals surface area contributed by atoms with Gasteiger partial charge in [-0.3, -0.25) is 4.79 Å². The molecule has 0 aliphatic heterocycles. The standard InChI is InChI=1S/C18H18ClF3N4O/c19-14-7-6-12(18(20,21)22)8-15(14)26-17-23-9-11(10-24-17)16(27)25-13-4-2-1-3-5-13/h6-10,13H,1-5H2,(H,25,27)(H,23,24,26). The third-order valence-corrected chi connectivity index (χ3v) is 4.72. The van der Waals surface area contributed by atoms with Gasteiger partial charge in [0.15, 0.2) is 0 Å². The zero-order chi connectivity index (χ0) is 19.4. The fraction of sp³-hybridized carbons (Fsp3) is 0.389. The summed E-state index contributed by atoms with van der Waals surface area (Å²) in [5, 5.41) is 5.70. The highest BCUT2D eigenvalue weighted by atomic mass is 35.5. The van der Waals surface area contributed by atoms with Gasteiger partial charge in [0.05, 0.1) is 21.8 Å². The predicted molar refractivity (Wildman–Crippen MR) is 96.1 cm³/mol. The Bertz CT molecular complexity index is 805. The Morgan fingerprint density at radius 1 is 1.11 bits per heavy atom. The summed E-state index contributed by atoms with van der Waals surface area (Å²) in [7, 11) is 0. The number of nitrogens with one attached hydrogen (secondary N) is 2. The summed E-state index contributed by atoms with van der Waals surface area (Å²) in [5.41, 5.74) is -0.509. The van der Waals surface area contributed by atoms with Crippen molar-refractivity contribution in [2.45, 2.75) is 44.3 Å². The van der Waals surface area contributed by atoms with Gasteiger partial charge in [0.2, 0.25) is 5.95 Å². The molecule has 1 amide bonds. The molecule has 5 nitrogen and oxygen atoms in total. The second-order valence-electron chi connectivity index (χ2n) is 6.42. The number of aromatic nitrogens is 2. The monoisotopic (exact) mass is 398 g/mol. The van der Waals surface area contributed by atoms with Crippen LogP contribution < -0.4 is 10.6 Å². The molecule has 1 saturated carbocycles. The van der Waals surface area contributed by atoms with Crippen molar-refractivity contribution < 1.29 is 18.0 Å². The van der Waals surface area contributed by atoms with Crippen LogP contribution in [-0.2, 0) is 6.18 Å². The molecular formula is C18H18ClF3N4O. The number of benzene rings is 1. The first-order chi connectivity index (χ1) is 12.8. The molecule has 3 rings (SSSR count). The molecule has 0 atom stereocenters. The van der Waals surface area contributed by atoms with E-state index in [9.17, 15) is 18.0 Å². The molecule has 2 aromatic rings. The average molecular weight is 399 g/mol. The Balaban J connectivity index is 1.68. The van der Waals surface area contributed by atoms with Crippen LogP contribution in [0.25, 0.3) is 0 Å². The summed E-state index contributed by atoms with van der Waals surface area (Å²) in [6.07, 6.45) is 3.48. The summed E-state index contributed by atoms with van der Waals surface area (Å²) in [6.45, 7) is 0. The third kappa shape index (κ3) is 5.09. The molecule has 1 aliphatic rings. The summed E-state index contributed by atoms with van der Waals surface area (Å²) >= 11 is 5.94. The molecule has 144 valence electrons. The Hall–Kier alpha value is -2.35. The van der Waals surface area contributed by atoms with E-state index in [0.29, 0.717) is 5.56 Å². The Morgan fingerprint density at radius 3 is 2.41 bits per heavy atom. The summed E-state index contributed by atoms with van der Waals surface area (Å²) in [5.74, 6) is -0.212. The lowest BCUT2D eigenvalue weighted by molar-refractivity contribution is -0.137.